The van der Waals surface area contributed by atoms with Crippen molar-refractivity contribution in [2.75, 3.05) is 195 Å². The average Bonchev–Trinajstić information content (AvgIpc) is 1.69. The zero-order valence-corrected chi connectivity index (χ0v) is 77.5. The zero-order chi connectivity index (χ0) is 90.0. The van der Waals surface area contributed by atoms with Crippen LogP contribution < -0.4 is 10.6 Å². The summed E-state index contributed by atoms with van der Waals surface area (Å²) in [6.45, 7) is 45.1. The summed E-state index contributed by atoms with van der Waals surface area (Å²) in [6.07, 6.45) is 30.9. The van der Waals surface area contributed by atoms with E-state index in [-0.39, 0.29) is 135 Å². The molecule has 2 bridgehead atoms. The summed E-state index contributed by atoms with van der Waals surface area (Å²) in [5.74, 6) is 1.74. The molecule has 0 aromatic rings. The number of carbonyl (C=O) groups is 13. The number of carbonyl (C=O) groups excluding carboxylic acids is 13. The molecule has 664 valence electrons. The van der Waals surface area contributed by atoms with Crippen LogP contribution in [0.15, 0.2) is 85.1 Å². The second-order valence-electron chi connectivity index (χ2n) is 33.8. The summed E-state index contributed by atoms with van der Waals surface area (Å²) in [6, 6.07) is 0.0547. The number of fused-ring (bicyclic) bond motifs is 2. The molecule has 0 aliphatic carbocycles. The number of quaternary nitrogens is 1. The Kier molecular flexibility index (Phi) is 65.8. The Bertz CT molecular complexity index is 3110. The van der Waals surface area contributed by atoms with Crippen molar-refractivity contribution >= 4 is 75.8 Å². The summed E-state index contributed by atoms with van der Waals surface area (Å²) in [7, 11) is 20.9. The summed E-state index contributed by atoms with van der Waals surface area (Å²) >= 11 is 0. The molecule has 26 nitrogen and oxygen atoms in total. The first kappa shape index (κ1) is 115. The third-order valence-corrected chi connectivity index (χ3v) is 17.6. The number of nitrogens with one attached hydrogen (secondary N) is 2. The number of ether oxygens (including phenoxy) is 1. The molecular formula is C90H161N12O14+. The van der Waals surface area contributed by atoms with Crippen molar-refractivity contribution in [3.05, 3.63) is 85.1 Å². The van der Waals surface area contributed by atoms with Gasteiger partial charge >= 0.3 is 0 Å². The molecule has 0 spiro atoms. The van der Waals surface area contributed by atoms with Gasteiger partial charge in [-0.1, -0.05) is 147 Å². The van der Waals surface area contributed by atoms with E-state index in [0.717, 1.165) is 88.8 Å². The van der Waals surface area contributed by atoms with E-state index in [4.69, 9.17) is 4.74 Å². The van der Waals surface area contributed by atoms with Gasteiger partial charge in [-0.15, -0.1) is 0 Å². The molecule has 3 unspecified atom stereocenters. The predicted octanol–water partition coefficient (Wildman–Crippen LogP) is 8.80. The quantitative estimate of drug-likeness (QED) is 0.0426. The van der Waals surface area contributed by atoms with Crippen LogP contribution in [0, 0.1) is 41.4 Å². The maximum Gasteiger partial charge on any atom is 0.236 e. The normalized spacial score (nSPS) is 15.6. The predicted molar refractivity (Wildman–Crippen MR) is 472 cm³/mol. The van der Waals surface area contributed by atoms with Crippen LogP contribution in [0.1, 0.15) is 163 Å². The van der Waals surface area contributed by atoms with Crippen molar-refractivity contribution in [2.45, 2.75) is 181 Å². The Labute approximate surface area is 702 Å². The highest BCUT2D eigenvalue weighted by Gasteiger charge is 2.36. The number of hydrogen-bond donors (Lipinski definition) is 2. The van der Waals surface area contributed by atoms with Gasteiger partial charge in [0.1, 0.15) is 5.78 Å². The molecule has 3 saturated heterocycles. The third-order valence-electron chi connectivity index (χ3n) is 17.6. The van der Waals surface area contributed by atoms with Crippen LogP contribution in [0.2, 0.25) is 0 Å². The number of nitrogens with zero attached hydrogens (tertiary/aromatic N) is 10. The average molecular weight is 1640 g/mol. The van der Waals surface area contributed by atoms with Gasteiger partial charge in [0.2, 0.25) is 29.5 Å². The first-order chi connectivity index (χ1) is 53.9. The number of ketones is 8. The highest BCUT2D eigenvalue weighted by molar-refractivity contribution is 5.94. The second kappa shape index (κ2) is 66.5. The maximum atomic E-state index is 12.3. The van der Waals surface area contributed by atoms with E-state index in [1.54, 1.807) is 93.7 Å². The fraction of sp³-hybridized carbons (Fsp3) is 0.700. The summed E-state index contributed by atoms with van der Waals surface area (Å²) in [5.41, 5.74) is 0. The van der Waals surface area contributed by atoms with Crippen LogP contribution >= 0.6 is 0 Å². The summed E-state index contributed by atoms with van der Waals surface area (Å²) in [4.78, 5) is 165. The van der Waals surface area contributed by atoms with Crippen molar-refractivity contribution in [2.24, 2.45) is 41.4 Å². The van der Waals surface area contributed by atoms with Crippen LogP contribution in [0.25, 0.3) is 0 Å². The van der Waals surface area contributed by atoms with Gasteiger partial charge in [0, 0.05) is 141 Å². The number of Topliss-reactive ketones (excluding diaryl/α,β-unsaturated/α-hetero) is 1. The van der Waals surface area contributed by atoms with E-state index >= 15 is 0 Å². The molecule has 0 saturated carbocycles. The van der Waals surface area contributed by atoms with Crippen molar-refractivity contribution < 1.29 is 71.5 Å². The summed E-state index contributed by atoms with van der Waals surface area (Å²) in [5, 5.41) is 5.48. The van der Waals surface area contributed by atoms with E-state index in [1.807, 2.05) is 184 Å². The SMILES string of the molecule is CC(=O)CN(C)C/C=C/C(=O)C(C)C.CC(=O)NC1CCCN(C(=O)CN(C)C/C=C/C(=O)C(C)C)C1.CC(C)C(=O)/C=C/CN(C)CC(=O)N(C)C.CC(C)C(=O)/C=C/CN(C)CC(=O)N1CC2CCC(C1)O2.CC(C)C(=O)/C=C/C[N+](C)(C)C.CCCN(C)C/C=C/C(=O)C(C)C.CCCN(C/C=C/C(=O)C(C)C)CC(=O)NC. The molecule has 3 aliphatic heterocycles. The first-order valence-electron chi connectivity index (χ1n) is 41.7. The number of likely N-dealkylation sites (tertiary alicyclic amines) is 2. The first-order valence-corrected chi connectivity index (χ1v) is 41.7. The summed E-state index contributed by atoms with van der Waals surface area (Å²) < 4.78 is 6.60. The molecule has 3 rings (SSSR count). The van der Waals surface area contributed by atoms with Crippen molar-refractivity contribution in [1.29, 1.82) is 0 Å². The minimum atomic E-state index is -0.0543. The molecule has 2 N–H and O–H groups in total. The molecule has 0 radical (unpaired) electrons. The highest BCUT2D eigenvalue weighted by Crippen LogP contribution is 2.26. The molecule has 5 amide bonds. The van der Waals surface area contributed by atoms with Gasteiger partial charge in [-0.2, -0.15) is 0 Å². The Morgan fingerprint density at radius 2 is 0.741 bits per heavy atom. The van der Waals surface area contributed by atoms with E-state index in [1.165, 1.54) is 6.92 Å². The number of hydrogen-bond acceptors (Lipinski definition) is 20. The number of allylic oxidation sites excluding steroid dienone is 7. The Morgan fingerprint density at radius 1 is 0.414 bits per heavy atom. The molecular weight excluding hydrogens is 1470 g/mol. The minimum Gasteiger partial charge on any atom is -0.371 e. The lowest BCUT2D eigenvalue weighted by Crippen LogP contribution is -2.51. The second-order valence-corrected chi connectivity index (χ2v) is 33.8. The maximum absolute atomic E-state index is 12.3. The van der Waals surface area contributed by atoms with Gasteiger partial charge in [0.05, 0.1) is 72.6 Å². The molecule has 26 heteroatoms. The largest absolute Gasteiger partial charge is 0.371 e. The molecule has 0 aromatic carbocycles. The van der Waals surface area contributed by atoms with Crippen LogP contribution in [-0.4, -0.2) is 338 Å². The van der Waals surface area contributed by atoms with E-state index in [9.17, 15) is 62.3 Å². The van der Waals surface area contributed by atoms with Gasteiger partial charge in [0.25, 0.3) is 0 Å². The van der Waals surface area contributed by atoms with Crippen LogP contribution in [0.4, 0.5) is 0 Å². The Balaban J connectivity index is -0.000000639. The standard InChI is InChI=1S/C17H29N3O3.C16H26N2O3.C13H24N2O2.C12H22N2O2.C11H19NO2.C11H21NO.C10H20NO/c1-13(2)16(22)8-6-9-19(4)12-17(23)20-10-5-7-15(11-20)18-14(3)21;1-12(2)15(19)5-4-8-17(3)11-16(20)18-9-13-6-7-14(10-18)21-13;1-5-8-15(10-13(17)14-4)9-6-7-12(16)11(2)3;1-10(2)11(15)7-6-8-14(5)9-12(16)13(3)4;1-9(2)11(14)6-5-7-12(4)8-10(3)13;1-5-8-12(4)9-6-7-11(13)10(2)3;1-9(2)10(12)7-6-8-11(3,4)5/h6,8,13,15H,5,7,9-12H2,1-4H3,(H,18,21);4-5,12-14H,6-11H2,1-3H3;6-7,11H,5,8-10H2,1-4H3,(H,14,17);6-7,10H,8-9H2,1-5H3;5-6,9H,7-8H2,1-4H3;6-7,10H,5,8-9H2,1-4H3;6-7,9H,8H2,1-5H3/q;;;;;;+1/b8-6+;5-4+;2*7-6+;6-5+;2*7-6+. The minimum absolute atomic E-state index is 0.00189. The number of rotatable bonds is 43. The topological polar surface area (TPSA) is 284 Å². The zero-order valence-electron chi connectivity index (χ0n) is 77.5. The Hall–Kier alpha value is -7.43. The highest BCUT2D eigenvalue weighted by atomic mass is 16.5. The van der Waals surface area contributed by atoms with Gasteiger partial charge in [0.15, 0.2) is 40.5 Å². The van der Waals surface area contributed by atoms with Gasteiger partial charge in [-0.3, -0.25) is 86.8 Å². The third kappa shape index (κ3) is 65.6. The van der Waals surface area contributed by atoms with E-state index < -0.39 is 0 Å². The van der Waals surface area contributed by atoms with E-state index in [2.05, 4.69) is 57.6 Å². The monoisotopic (exact) mass is 1630 g/mol. The van der Waals surface area contributed by atoms with Gasteiger partial charge < -0.3 is 39.5 Å². The lowest BCUT2D eigenvalue weighted by molar-refractivity contribution is -0.864. The lowest BCUT2D eigenvalue weighted by Gasteiger charge is -2.33. The van der Waals surface area contributed by atoms with Crippen molar-refractivity contribution in [3.63, 3.8) is 0 Å². The molecule has 3 fully saturated rings. The lowest BCUT2D eigenvalue weighted by atomic mass is 10.1. The smallest absolute Gasteiger partial charge is 0.236 e. The van der Waals surface area contributed by atoms with Crippen LogP contribution in [-0.2, 0) is 67.1 Å². The number of piperidine rings is 1. The molecule has 0 aromatic heterocycles. The molecule has 3 aliphatic rings. The molecule has 116 heavy (non-hydrogen) atoms. The van der Waals surface area contributed by atoms with Crippen molar-refractivity contribution in [3.8, 4) is 0 Å². The van der Waals surface area contributed by atoms with Crippen LogP contribution in [0.5, 0.6) is 0 Å². The Morgan fingerprint density at radius 3 is 1.06 bits per heavy atom. The number of likely N-dealkylation sites (N-methyl/N-ethyl adjacent to an activating group) is 8. The van der Waals surface area contributed by atoms with E-state index in [0.29, 0.717) is 72.0 Å². The van der Waals surface area contributed by atoms with Crippen molar-refractivity contribution in [1.82, 2.24) is 54.7 Å². The van der Waals surface area contributed by atoms with Gasteiger partial charge in [-0.25, -0.2) is 0 Å². The van der Waals surface area contributed by atoms with Crippen LogP contribution in [0.3, 0.4) is 0 Å². The number of morpholine rings is 1. The molecule has 3 atom stereocenters. The molecule has 3 heterocycles. The number of amides is 5. The fourth-order valence-corrected chi connectivity index (χ4v) is 10.3. The fourth-order valence-electron chi connectivity index (χ4n) is 10.3. The van der Waals surface area contributed by atoms with Gasteiger partial charge in [-0.05, 0) is 142 Å².